The van der Waals surface area contributed by atoms with E-state index in [1.807, 2.05) is 0 Å². The molecule has 1 aliphatic heterocycles. The predicted molar refractivity (Wildman–Crippen MR) is 74.1 cm³/mol. The number of benzene rings is 1. The van der Waals surface area contributed by atoms with Crippen LogP contribution in [0.2, 0.25) is 0 Å². The number of halogens is 1. The van der Waals surface area contributed by atoms with Crippen LogP contribution in [-0.2, 0) is 0 Å². The van der Waals surface area contributed by atoms with Gasteiger partial charge >= 0.3 is 0 Å². The minimum atomic E-state index is 0.380. The van der Waals surface area contributed by atoms with Gasteiger partial charge in [0.25, 0.3) is 0 Å². The quantitative estimate of drug-likeness (QED) is 0.854. The second-order valence-electron chi connectivity index (χ2n) is 4.60. The normalized spacial score (nSPS) is 17.9. The van der Waals surface area contributed by atoms with E-state index < -0.39 is 0 Å². The summed E-state index contributed by atoms with van der Waals surface area (Å²) in [6, 6.07) is 6.36. The molecule has 0 saturated carbocycles. The largest absolute Gasteiger partial charge is 0.383 e. The summed E-state index contributed by atoms with van der Waals surface area (Å²) >= 11 is 3.51. The maximum Gasteiger partial charge on any atom is 0.0587 e. The molecule has 0 fully saturated rings. The maximum atomic E-state index is 3.57. The van der Waals surface area contributed by atoms with Gasteiger partial charge in [-0.1, -0.05) is 29.8 Å². The number of rotatable bonds is 2. The molecule has 1 aromatic carbocycles. The summed E-state index contributed by atoms with van der Waals surface area (Å²) in [4.78, 5) is 0. The van der Waals surface area contributed by atoms with Crippen LogP contribution in [0.4, 0.5) is 11.4 Å². The summed E-state index contributed by atoms with van der Waals surface area (Å²) < 4.78 is 1.13. The fourth-order valence-electron chi connectivity index (χ4n) is 2.19. The lowest BCUT2D eigenvalue weighted by atomic mass is 9.82. The lowest BCUT2D eigenvalue weighted by molar-refractivity contribution is 0.307. The minimum absolute atomic E-state index is 0.380. The lowest BCUT2D eigenvalue weighted by Gasteiger charge is -2.30. The third-order valence-corrected chi connectivity index (χ3v) is 4.28. The van der Waals surface area contributed by atoms with Gasteiger partial charge in [0.1, 0.15) is 0 Å². The standard InChI is InChI=1S/C13H19BrN2/c1-3-13(4-2)8-15-11-6-5-10(14)7-12(11)16-9-13/h5-7,15-16H,3-4,8-9H2,1-2H3. The zero-order valence-electron chi connectivity index (χ0n) is 9.94. The van der Waals surface area contributed by atoms with E-state index in [2.05, 4.69) is 58.6 Å². The van der Waals surface area contributed by atoms with Gasteiger partial charge in [0, 0.05) is 23.0 Å². The molecule has 1 aliphatic rings. The van der Waals surface area contributed by atoms with E-state index in [0.29, 0.717) is 5.41 Å². The Bertz CT molecular complexity index is 372. The second-order valence-corrected chi connectivity index (χ2v) is 5.52. The van der Waals surface area contributed by atoms with Crippen LogP contribution < -0.4 is 10.6 Å². The number of hydrogen-bond donors (Lipinski definition) is 2. The maximum absolute atomic E-state index is 3.57. The molecule has 0 unspecified atom stereocenters. The molecule has 0 saturated heterocycles. The van der Waals surface area contributed by atoms with Gasteiger partial charge in [0.15, 0.2) is 0 Å². The smallest absolute Gasteiger partial charge is 0.0587 e. The molecule has 88 valence electrons. The molecule has 3 heteroatoms. The highest BCUT2D eigenvalue weighted by atomic mass is 79.9. The van der Waals surface area contributed by atoms with Crippen LogP contribution in [0.25, 0.3) is 0 Å². The van der Waals surface area contributed by atoms with Crippen LogP contribution in [0.3, 0.4) is 0 Å². The molecule has 0 aliphatic carbocycles. The molecule has 2 rings (SSSR count). The van der Waals surface area contributed by atoms with E-state index >= 15 is 0 Å². The fourth-order valence-corrected chi connectivity index (χ4v) is 2.56. The SMILES string of the molecule is CCC1(CC)CNc2ccc(Br)cc2NC1. The molecule has 0 spiro atoms. The van der Waals surface area contributed by atoms with Gasteiger partial charge in [-0.2, -0.15) is 0 Å². The highest BCUT2D eigenvalue weighted by Gasteiger charge is 2.28. The van der Waals surface area contributed by atoms with E-state index in [1.54, 1.807) is 0 Å². The van der Waals surface area contributed by atoms with E-state index in [9.17, 15) is 0 Å². The van der Waals surface area contributed by atoms with Crippen LogP contribution in [0.5, 0.6) is 0 Å². The molecular formula is C13H19BrN2. The van der Waals surface area contributed by atoms with Gasteiger partial charge in [-0.05, 0) is 31.0 Å². The minimum Gasteiger partial charge on any atom is -0.383 e. The van der Waals surface area contributed by atoms with Crippen LogP contribution in [0.15, 0.2) is 22.7 Å². The number of nitrogens with one attached hydrogen (secondary N) is 2. The monoisotopic (exact) mass is 282 g/mol. The molecule has 0 radical (unpaired) electrons. The first-order valence-electron chi connectivity index (χ1n) is 5.96. The van der Waals surface area contributed by atoms with Crippen molar-refractivity contribution in [2.24, 2.45) is 5.41 Å². The van der Waals surface area contributed by atoms with Gasteiger partial charge in [-0.3, -0.25) is 0 Å². The first-order valence-corrected chi connectivity index (χ1v) is 6.76. The van der Waals surface area contributed by atoms with Crippen molar-refractivity contribution >= 4 is 27.3 Å². The fraction of sp³-hybridized carbons (Fsp3) is 0.538. The van der Waals surface area contributed by atoms with Gasteiger partial charge in [-0.25, -0.2) is 0 Å². The number of fused-ring (bicyclic) bond motifs is 1. The van der Waals surface area contributed by atoms with E-state index in [1.165, 1.54) is 24.2 Å². The van der Waals surface area contributed by atoms with Gasteiger partial charge in [0.05, 0.1) is 11.4 Å². The van der Waals surface area contributed by atoms with Gasteiger partial charge in [-0.15, -0.1) is 0 Å². The van der Waals surface area contributed by atoms with Crippen LogP contribution in [-0.4, -0.2) is 13.1 Å². The Morgan fingerprint density at radius 3 is 2.38 bits per heavy atom. The molecule has 16 heavy (non-hydrogen) atoms. The Balaban J connectivity index is 2.24. The second kappa shape index (κ2) is 4.66. The van der Waals surface area contributed by atoms with Crippen LogP contribution >= 0.6 is 15.9 Å². The zero-order valence-corrected chi connectivity index (χ0v) is 11.5. The summed E-state index contributed by atoms with van der Waals surface area (Å²) in [5.41, 5.74) is 2.80. The summed E-state index contributed by atoms with van der Waals surface area (Å²) in [5.74, 6) is 0. The Morgan fingerprint density at radius 1 is 1.12 bits per heavy atom. The molecule has 1 heterocycles. The lowest BCUT2D eigenvalue weighted by Crippen LogP contribution is -2.33. The van der Waals surface area contributed by atoms with Crippen molar-refractivity contribution in [1.29, 1.82) is 0 Å². The Labute approximate surface area is 106 Å². The van der Waals surface area contributed by atoms with Crippen LogP contribution in [0.1, 0.15) is 26.7 Å². The van der Waals surface area contributed by atoms with E-state index in [-0.39, 0.29) is 0 Å². The van der Waals surface area contributed by atoms with Crippen molar-refractivity contribution in [2.75, 3.05) is 23.7 Å². The Morgan fingerprint density at radius 2 is 1.75 bits per heavy atom. The molecule has 0 bridgehead atoms. The third kappa shape index (κ3) is 2.19. The molecule has 2 nitrogen and oxygen atoms in total. The van der Waals surface area contributed by atoms with Crippen molar-refractivity contribution in [3.05, 3.63) is 22.7 Å². The van der Waals surface area contributed by atoms with Crippen LogP contribution in [0, 0.1) is 5.41 Å². The number of anilines is 2. The Hall–Kier alpha value is -0.700. The molecular weight excluding hydrogens is 264 g/mol. The zero-order chi connectivity index (χ0) is 11.6. The molecule has 0 aromatic heterocycles. The average molecular weight is 283 g/mol. The van der Waals surface area contributed by atoms with Crippen molar-refractivity contribution in [1.82, 2.24) is 0 Å². The van der Waals surface area contributed by atoms with Crippen molar-refractivity contribution in [3.8, 4) is 0 Å². The molecule has 0 amide bonds. The molecule has 1 aromatic rings. The molecule has 2 N–H and O–H groups in total. The average Bonchev–Trinajstić information content (AvgIpc) is 2.49. The van der Waals surface area contributed by atoms with Gasteiger partial charge in [0.2, 0.25) is 0 Å². The van der Waals surface area contributed by atoms with Crippen molar-refractivity contribution in [2.45, 2.75) is 26.7 Å². The summed E-state index contributed by atoms with van der Waals surface area (Å²) in [6.07, 6.45) is 2.41. The molecule has 0 atom stereocenters. The summed E-state index contributed by atoms with van der Waals surface area (Å²) in [5, 5.41) is 7.13. The van der Waals surface area contributed by atoms with Gasteiger partial charge < -0.3 is 10.6 Å². The first kappa shape index (κ1) is 11.8. The number of hydrogen-bond acceptors (Lipinski definition) is 2. The summed E-state index contributed by atoms with van der Waals surface area (Å²) in [6.45, 7) is 6.66. The van der Waals surface area contributed by atoms with E-state index in [4.69, 9.17) is 0 Å². The topological polar surface area (TPSA) is 24.1 Å². The third-order valence-electron chi connectivity index (χ3n) is 3.79. The summed E-state index contributed by atoms with van der Waals surface area (Å²) in [7, 11) is 0. The highest BCUT2D eigenvalue weighted by molar-refractivity contribution is 9.10. The Kier molecular flexibility index (Phi) is 3.43. The highest BCUT2D eigenvalue weighted by Crippen LogP contribution is 2.34. The first-order chi connectivity index (χ1) is 7.69. The van der Waals surface area contributed by atoms with E-state index in [0.717, 1.165) is 17.6 Å². The predicted octanol–water partition coefficient (Wildman–Crippen LogP) is 4.09. The van der Waals surface area contributed by atoms with Crippen molar-refractivity contribution < 1.29 is 0 Å². The van der Waals surface area contributed by atoms with Crippen molar-refractivity contribution in [3.63, 3.8) is 0 Å².